The van der Waals surface area contributed by atoms with Gasteiger partial charge in [0.25, 0.3) is 0 Å². The van der Waals surface area contributed by atoms with Crippen molar-refractivity contribution >= 4 is 5.78 Å². The molecule has 0 spiro atoms. The van der Waals surface area contributed by atoms with Crippen LogP contribution in [-0.4, -0.2) is 10.9 Å². The van der Waals surface area contributed by atoms with Crippen molar-refractivity contribution in [2.75, 3.05) is 0 Å². The molecular formula is C10H7F3O2. The molecule has 1 aromatic carbocycles. The Morgan fingerprint density at radius 3 is 2.47 bits per heavy atom. The molecule has 1 aromatic rings. The molecule has 0 aromatic heterocycles. The summed E-state index contributed by atoms with van der Waals surface area (Å²) in [5.74, 6) is -0.780. The van der Waals surface area contributed by atoms with E-state index in [4.69, 9.17) is 0 Å². The lowest BCUT2D eigenvalue weighted by Crippen LogP contribution is -2.11. The molecule has 1 aliphatic rings. The fourth-order valence-electron chi connectivity index (χ4n) is 1.81. The number of phenols is 1. The largest absolute Gasteiger partial charge is 0.508 e. The van der Waals surface area contributed by atoms with Gasteiger partial charge in [-0.05, 0) is 18.6 Å². The Kier molecular flexibility index (Phi) is 1.99. The van der Waals surface area contributed by atoms with Crippen molar-refractivity contribution in [1.29, 1.82) is 0 Å². The summed E-state index contributed by atoms with van der Waals surface area (Å²) in [7, 11) is 0. The molecule has 0 saturated heterocycles. The maximum absolute atomic E-state index is 12.5. The molecule has 0 radical (unpaired) electrons. The second kappa shape index (κ2) is 2.98. The van der Waals surface area contributed by atoms with Crippen LogP contribution in [0.3, 0.4) is 0 Å². The highest BCUT2D eigenvalue weighted by Crippen LogP contribution is 2.40. The Balaban J connectivity index is 2.70. The number of phenolic OH excluding ortho intramolecular Hbond substituents is 1. The van der Waals surface area contributed by atoms with Crippen molar-refractivity contribution in [2.24, 2.45) is 0 Å². The highest BCUT2D eigenvalue weighted by atomic mass is 19.4. The lowest BCUT2D eigenvalue weighted by molar-refractivity contribution is -0.137. The minimum absolute atomic E-state index is 0.0377. The van der Waals surface area contributed by atoms with Crippen molar-refractivity contribution in [3.05, 3.63) is 28.8 Å². The van der Waals surface area contributed by atoms with Gasteiger partial charge in [-0.15, -0.1) is 0 Å². The fraction of sp³-hybridized carbons (Fsp3) is 0.300. The summed E-state index contributed by atoms with van der Waals surface area (Å²) in [5.41, 5.74) is -1.19. The van der Waals surface area contributed by atoms with Crippen LogP contribution in [-0.2, 0) is 12.6 Å². The number of carbonyl (C=O) groups excluding carboxylic acids is 1. The average molecular weight is 216 g/mol. The molecular weight excluding hydrogens is 209 g/mol. The van der Waals surface area contributed by atoms with Crippen LogP contribution in [0.15, 0.2) is 12.1 Å². The lowest BCUT2D eigenvalue weighted by atomic mass is 10.0. The molecule has 0 heterocycles. The highest BCUT2D eigenvalue weighted by Gasteiger charge is 2.38. The van der Waals surface area contributed by atoms with E-state index in [-0.39, 0.29) is 29.7 Å². The molecule has 2 rings (SSSR count). The van der Waals surface area contributed by atoms with Crippen LogP contribution in [0.25, 0.3) is 0 Å². The van der Waals surface area contributed by atoms with Gasteiger partial charge in [-0.3, -0.25) is 4.79 Å². The molecule has 5 heteroatoms. The number of hydrogen-bond acceptors (Lipinski definition) is 2. The van der Waals surface area contributed by atoms with Gasteiger partial charge in [0.05, 0.1) is 5.56 Å². The topological polar surface area (TPSA) is 37.3 Å². The summed E-state index contributed by atoms with van der Waals surface area (Å²) in [6.07, 6.45) is -4.32. The van der Waals surface area contributed by atoms with Crippen molar-refractivity contribution in [3.8, 4) is 5.75 Å². The van der Waals surface area contributed by atoms with Gasteiger partial charge >= 0.3 is 6.18 Å². The number of ketones is 1. The molecule has 0 amide bonds. The van der Waals surface area contributed by atoms with Gasteiger partial charge in [-0.25, -0.2) is 0 Å². The van der Waals surface area contributed by atoms with E-state index in [0.29, 0.717) is 0 Å². The maximum Gasteiger partial charge on any atom is 0.417 e. The van der Waals surface area contributed by atoms with Gasteiger partial charge < -0.3 is 5.11 Å². The zero-order valence-corrected chi connectivity index (χ0v) is 7.56. The SMILES string of the molecule is O=C1CCc2c(O)ccc(C(F)(F)F)c21. The van der Waals surface area contributed by atoms with Gasteiger partial charge in [0.15, 0.2) is 5.78 Å². The summed E-state index contributed by atoms with van der Waals surface area (Å²) in [5, 5.41) is 9.32. The Hall–Kier alpha value is -1.52. The van der Waals surface area contributed by atoms with Crippen molar-refractivity contribution < 1.29 is 23.1 Å². The van der Waals surface area contributed by atoms with Crippen LogP contribution in [0.5, 0.6) is 5.75 Å². The summed E-state index contributed by atoms with van der Waals surface area (Å²) in [6, 6.07) is 1.73. The van der Waals surface area contributed by atoms with Gasteiger partial charge in [0, 0.05) is 17.5 Å². The normalized spacial score (nSPS) is 15.5. The van der Waals surface area contributed by atoms with Crippen LogP contribution in [0, 0.1) is 0 Å². The third-order valence-electron chi connectivity index (χ3n) is 2.47. The number of benzene rings is 1. The Morgan fingerprint density at radius 2 is 1.87 bits per heavy atom. The van der Waals surface area contributed by atoms with E-state index < -0.39 is 17.5 Å². The molecule has 0 aliphatic heterocycles. The number of hydrogen-bond donors (Lipinski definition) is 1. The highest BCUT2D eigenvalue weighted by molar-refractivity contribution is 6.02. The zero-order chi connectivity index (χ0) is 11.2. The van der Waals surface area contributed by atoms with Crippen LogP contribution in [0.2, 0.25) is 0 Å². The van der Waals surface area contributed by atoms with Crippen LogP contribution < -0.4 is 0 Å². The first-order valence-electron chi connectivity index (χ1n) is 4.36. The Bertz CT molecular complexity index is 435. The number of Topliss-reactive ketones (excluding diaryl/α,β-unsaturated/α-hetero) is 1. The predicted octanol–water partition coefficient (Wildman–Crippen LogP) is 2.54. The monoisotopic (exact) mass is 216 g/mol. The van der Waals surface area contributed by atoms with Gasteiger partial charge in [0.2, 0.25) is 0 Å². The Labute approximate surface area is 83.3 Å². The van der Waals surface area contributed by atoms with Crippen molar-refractivity contribution in [2.45, 2.75) is 19.0 Å². The third kappa shape index (κ3) is 1.48. The summed E-state index contributed by atoms with van der Waals surface area (Å²) in [4.78, 5) is 11.3. The van der Waals surface area contributed by atoms with Crippen LogP contribution in [0.1, 0.15) is 27.9 Å². The summed E-state index contributed by atoms with van der Waals surface area (Å²) < 4.78 is 37.5. The van der Waals surface area contributed by atoms with E-state index in [1.54, 1.807) is 0 Å². The standard InChI is InChI=1S/C10H7F3O2/c11-10(12,13)6-2-4-7(14)5-1-3-8(15)9(5)6/h2,4,14H,1,3H2. The molecule has 0 fully saturated rings. The van der Waals surface area contributed by atoms with E-state index in [1.165, 1.54) is 0 Å². The first kappa shape index (κ1) is 10.0. The minimum atomic E-state index is -4.54. The molecule has 0 atom stereocenters. The first-order chi connectivity index (χ1) is 6.91. The van der Waals surface area contributed by atoms with E-state index in [0.717, 1.165) is 12.1 Å². The minimum Gasteiger partial charge on any atom is -0.508 e. The molecule has 0 unspecified atom stereocenters. The lowest BCUT2D eigenvalue weighted by Gasteiger charge is -2.11. The second-order valence-corrected chi connectivity index (χ2v) is 3.41. The number of fused-ring (bicyclic) bond motifs is 1. The quantitative estimate of drug-likeness (QED) is 0.723. The number of carbonyl (C=O) groups is 1. The van der Waals surface area contributed by atoms with Crippen LogP contribution >= 0.6 is 0 Å². The van der Waals surface area contributed by atoms with Crippen molar-refractivity contribution in [3.63, 3.8) is 0 Å². The molecule has 1 N–H and O–H groups in total. The summed E-state index contributed by atoms with van der Waals surface area (Å²) in [6.45, 7) is 0. The number of alkyl halides is 3. The van der Waals surface area contributed by atoms with E-state index in [9.17, 15) is 23.1 Å². The van der Waals surface area contributed by atoms with Gasteiger partial charge in [0.1, 0.15) is 5.75 Å². The van der Waals surface area contributed by atoms with Gasteiger partial charge in [-0.1, -0.05) is 0 Å². The van der Waals surface area contributed by atoms with Crippen LogP contribution in [0.4, 0.5) is 13.2 Å². The Morgan fingerprint density at radius 1 is 1.20 bits per heavy atom. The van der Waals surface area contributed by atoms with Crippen molar-refractivity contribution in [1.82, 2.24) is 0 Å². The van der Waals surface area contributed by atoms with E-state index in [2.05, 4.69) is 0 Å². The molecule has 1 aliphatic carbocycles. The van der Waals surface area contributed by atoms with Gasteiger partial charge in [-0.2, -0.15) is 13.2 Å². The predicted molar refractivity (Wildman–Crippen MR) is 45.8 cm³/mol. The fourth-order valence-corrected chi connectivity index (χ4v) is 1.81. The second-order valence-electron chi connectivity index (χ2n) is 3.41. The smallest absolute Gasteiger partial charge is 0.417 e. The maximum atomic E-state index is 12.5. The number of halogens is 3. The average Bonchev–Trinajstić information content (AvgIpc) is 2.48. The van der Waals surface area contributed by atoms with E-state index in [1.807, 2.05) is 0 Å². The molecule has 0 bridgehead atoms. The van der Waals surface area contributed by atoms with E-state index >= 15 is 0 Å². The summed E-state index contributed by atoms with van der Waals surface area (Å²) >= 11 is 0. The molecule has 15 heavy (non-hydrogen) atoms. The molecule has 0 saturated carbocycles. The molecule has 80 valence electrons. The first-order valence-corrected chi connectivity index (χ1v) is 4.36. The zero-order valence-electron chi connectivity index (χ0n) is 7.56. The number of rotatable bonds is 0. The number of aromatic hydroxyl groups is 1. The third-order valence-corrected chi connectivity index (χ3v) is 2.47. The molecule has 2 nitrogen and oxygen atoms in total.